The highest BCUT2D eigenvalue weighted by molar-refractivity contribution is 5.71. The Bertz CT molecular complexity index is 489. The summed E-state index contributed by atoms with van der Waals surface area (Å²) in [6.07, 6.45) is 0.171. The number of benzene rings is 2. The molecule has 2 nitrogen and oxygen atoms in total. The molecule has 0 atom stereocenters. The fourth-order valence-corrected chi connectivity index (χ4v) is 1.72. The van der Waals surface area contributed by atoms with Gasteiger partial charge in [0.2, 0.25) is 0 Å². The first-order valence-electron chi connectivity index (χ1n) is 5.78. The van der Waals surface area contributed by atoms with Gasteiger partial charge in [0.1, 0.15) is 5.75 Å². The van der Waals surface area contributed by atoms with E-state index in [4.69, 9.17) is 10.5 Å². The summed E-state index contributed by atoms with van der Waals surface area (Å²) in [6, 6.07) is 15.9. The summed E-state index contributed by atoms with van der Waals surface area (Å²) in [7, 11) is 0. The molecule has 0 heterocycles. The van der Waals surface area contributed by atoms with Crippen LogP contribution in [0.3, 0.4) is 0 Å². The van der Waals surface area contributed by atoms with Crippen LogP contribution in [-0.4, -0.2) is 6.10 Å². The van der Waals surface area contributed by atoms with Crippen molar-refractivity contribution in [3.05, 3.63) is 48.5 Å². The van der Waals surface area contributed by atoms with Crippen molar-refractivity contribution < 1.29 is 4.74 Å². The van der Waals surface area contributed by atoms with Crippen molar-refractivity contribution in [2.24, 2.45) is 0 Å². The van der Waals surface area contributed by atoms with Crippen molar-refractivity contribution in [1.29, 1.82) is 0 Å². The van der Waals surface area contributed by atoms with Gasteiger partial charge < -0.3 is 10.5 Å². The van der Waals surface area contributed by atoms with Gasteiger partial charge in [0.05, 0.1) is 6.10 Å². The molecule has 2 N–H and O–H groups in total. The van der Waals surface area contributed by atoms with Crippen LogP contribution >= 0.6 is 0 Å². The largest absolute Gasteiger partial charge is 0.490 e. The first-order valence-corrected chi connectivity index (χ1v) is 5.78. The monoisotopic (exact) mass is 227 g/mol. The third-order valence-corrected chi connectivity index (χ3v) is 2.47. The smallest absolute Gasteiger partial charge is 0.127 e. The molecule has 2 rings (SSSR count). The van der Waals surface area contributed by atoms with E-state index >= 15 is 0 Å². The van der Waals surface area contributed by atoms with E-state index in [2.05, 4.69) is 6.07 Å². The molecule has 0 saturated heterocycles. The highest BCUT2D eigenvalue weighted by atomic mass is 16.5. The van der Waals surface area contributed by atoms with Crippen LogP contribution in [0.1, 0.15) is 13.8 Å². The molecule has 0 radical (unpaired) electrons. The highest BCUT2D eigenvalue weighted by Gasteiger charge is 2.06. The SMILES string of the molecule is CC(C)Oc1ccccc1-c1ccc(N)cc1. The molecule has 2 aromatic rings. The van der Waals surface area contributed by atoms with Gasteiger partial charge in [0, 0.05) is 11.3 Å². The van der Waals surface area contributed by atoms with E-state index in [1.54, 1.807) is 0 Å². The van der Waals surface area contributed by atoms with Gasteiger partial charge in [-0.3, -0.25) is 0 Å². The second kappa shape index (κ2) is 4.91. The van der Waals surface area contributed by atoms with E-state index in [9.17, 15) is 0 Å². The average Bonchev–Trinajstić information content (AvgIpc) is 2.30. The number of para-hydroxylation sites is 1. The van der Waals surface area contributed by atoms with Gasteiger partial charge in [-0.05, 0) is 37.6 Å². The van der Waals surface area contributed by atoms with Crippen molar-refractivity contribution in [2.75, 3.05) is 5.73 Å². The number of hydrogen-bond acceptors (Lipinski definition) is 2. The molecule has 0 bridgehead atoms. The molecule has 88 valence electrons. The number of ether oxygens (including phenoxy) is 1. The van der Waals surface area contributed by atoms with E-state index in [0.29, 0.717) is 0 Å². The van der Waals surface area contributed by atoms with Gasteiger partial charge in [-0.2, -0.15) is 0 Å². The normalized spacial score (nSPS) is 10.5. The van der Waals surface area contributed by atoms with Gasteiger partial charge >= 0.3 is 0 Å². The van der Waals surface area contributed by atoms with Crippen LogP contribution < -0.4 is 10.5 Å². The Morgan fingerprint density at radius 2 is 1.59 bits per heavy atom. The van der Waals surface area contributed by atoms with Crippen molar-refractivity contribution >= 4 is 5.69 Å². The predicted molar refractivity (Wildman–Crippen MR) is 72.1 cm³/mol. The van der Waals surface area contributed by atoms with Crippen LogP contribution in [0.5, 0.6) is 5.75 Å². The first-order chi connectivity index (χ1) is 8.16. The minimum Gasteiger partial charge on any atom is -0.490 e. The zero-order valence-electron chi connectivity index (χ0n) is 10.2. The Morgan fingerprint density at radius 3 is 2.24 bits per heavy atom. The minimum atomic E-state index is 0.171. The lowest BCUT2D eigenvalue weighted by atomic mass is 10.0. The quantitative estimate of drug-likeness (QED) is 0.811. The standard InChI is InChI=1S/C15H17NO/c1-11(2)17-15-6-4-3-5-14(15)12-7-9-13(16)10-8-12/h3-11H,16H2,1-2H3. The van der Waals surface area contributed by atoms with Crippen LogP contribution in [0, 0.1) is 0 Å². The second-order valence-corrected chi connectivity index (χ2v) is 4.28. The van der Waals surface area contributed by atoms with Gasteiger partial charge in [-0.25, -0.2) is 0 Å². The number of nitrogens with two attached hydrogens (primary N) is 1. The third-order valence-electron chi connectivity index (χ3n) is 2.47. The molecule has 2 heteroatoms. The summed E-state index contributed by atoms with van der Waals surface area (Å²) in [4.78, 5) is 0. The van der Waals surface area contributed by atoms with E-state index in [1.165, 1.54) is 0 Å². The molecule has 0 aliphatic rings. The Morgan fingerprint density at radius 1 is 0.941 bits per heavy atom. The summed E-state index contributed by atoms with van der Waals surface area (Å²) in [5.74, 6) is 0.910. The molecule has 0 aliphatic heterocycles. The Labute approximate surface area is 102 Å². The molecule has 0 unspecified atom stereocenters. The van der Waals surface area contributed by atoms with Crippen molar-refractivity contribution in [1.82, 2.24) is 0 Å². The molecule has 0 fully saturated rings. The minimum absolute atomic E-state index is 0.171. The maximum Gasteiger partial charge on any atom is 0.127 e. The molecule has 17 heavy (non-hydrogen) atoms. The van der Waals surface area contributed by atoms with Gasteiger partial charge in [-0.1, -0.05) is 30.3 Å². The summed E-state index contributed by atoms with van der Waals surface area (Å²) in [6.45, 7) is 4.06. The van der Waals surface area contributed by atoms with Gasteiger partial charge in [-0.15, -0.1) is 0 Å². The van der Waals surface area contributed by atoms with Crippen LogP contribution in [0.4, 0.5) is 5.69 Å². The Hall–Kier alpha value is -1.96. The summed E-state index contributed by atoms with van der Waals surface area (Å²) >= 11 is 0. The van der Waals surface area contributed by atoms with Crippen molar-refractivity contribution in [3.63, 3.8) is 0 Å². The maximum absolute atomic E-state index is 5.80. The first kappa shape index (κ1) is 11.5. The molecular weight excluding hydrogens is 210 g/mol. The lowest BCUT2D eigenvalue weighted by Crippen LogP contribution is -2.06. The predicted octanol–water partition coefficient (Wildman–Crippen LogP) is 3.72. The Kier molecular flexibility index (Phi) is 3.33. The number of nitrogen functional groups attached to an aromatic ring is 1. The zero-order valence-corrected chi connectivity index (χ0v) is 10.2. The number of anilines is 1. The third kappa shape index (κ3) is 2.78. The second-order valence-electron chi connectivity index (χ2n) is 4.28. The molecule has 0 saturated carbocycles. The topological polar surface area (TPSA) is 35.2 Å². The lowest BCUT2D eigenvalue weighted by molar-refractivity contribution is 0.243. The van der Waals surface area contributed by atoms with Crippen LogP contribution in [0.15, 0.2) is 48.5 Å². The van der Waals surface area contributed by atoms with Crippen molar-refractivity contribution in [3.8, 4) is 16.9 Å². The zero-order chi connectivity index (χ0) is 12.3. The van der Waals surface area contributed by atoms with E-state index in [-0.39, 0.29) is 6.10 Å². The fraction of sp³-hybridized carbons (Fsp3) is 0.200. The average molecular weight is 227 g/mol. The molecular formula is C15H17NO. The molecule has 0 spiro atoms. The highest BCUT2D eigenvalue weighted by Crippen LogP contribution is 2.30. The van der Waals surface area contributed by atoms with Gasteiger partial charge in [0.15, 0.2) is 0 Å². The molecule has 2 aromatic carbocycles. The maximum atomic E-state index is 5.80. The molecule has 0 aromatic heterocycles. The Balaban J connectivity index is 2.40. The number of hydrogen-bond donors (Lipinski definition) is 1. The summed E-state index contributed by atoms with van der Waals surface area (Å²) < 4.78 is 5.80. The fourth-order valence-electron chi connectivity index (χ4n) is 1.72. The van der Waals surface area contributed by atoms with Crippen molar-refractivity contribution in [2.45, 2.75) is 20.0 Å². The van der Waals surface area contributed by atoms with Crippen LogP contribution in [0.25, 0.3) is 11.1 Å². The molecule has 0 amide bonds. The lowest BCUT2D eigenvalue weighted by Gasteiger charge is -2.14. The summed E-state index contributed by atoms with van der Waals surface area (Å²) in [5, 5.41) is 0. The van der Waals surface area contributed by atoms with Gasteiger partial charge in [0.25, 0.3) is 0 Å². The molecule has 0 aliphatic carbocycles. The van der Waals surface area contributed by atoms with E-state index < -0.39 is 0 Å². The van der Waals surface area contributed by atoms with E-state index in [0.717, 1.165) is 22.6 Å². The van der Waals surface area contributed by atoms with E-state index in [1.807, 2.05) is 56.3 Å². The number of rotatable bonds is 3. The van der Waals surface area contributed by atoms with Crippen LogP contribution in [0.2, 0.25) is 0 Å². The van der Waals surface area contributed by atoms with Crippen LogP contribution in [-0.2, 0) is 0 Å². The summed E-state index contributed by atoms with van der Waals surface area (Å²) in [5.41, 5.74) is 8.69.